The van der Waals surface area contributed by atoms with Crippen LogP contribution in [-0.4, -0.2) is 20.8 Å². The van der Waals surface area contributed by atoms with Gasteiger partial charge in [0.05, 0.1) is 11.0 Å². The van der Waals surface area contributed by atoms with E-state index in [1.807, 2.05) is 0 Å². The second kappa shape index (κ2) is 6.01. The molecule has 0 radical (unpaired) electrons. The number of hydrogen-bond donors (Lipinski definition) is 4. The molecule has 0 aliphatic carbocycles. The molecular formula is C12H14N6O3. The molecule has 5 N–H and O–H groups in total. The molecule has 1 aromatic carbocycles. The number of hydrazine groups is 1. The molecule has 21 heavy (non-hydrogen) atoms. The Kier molecular flexibility index (Phi) is 4.14. The van der Waals surface area contributed by atoms with Crippen LogP contribution in [0.5, 0.6) is 0 Å². The van der Waals surface area contributed by atoms with Gasteiger partial charge in [-0.05, 0) is 19.1 Å². The van der Waals surface area contributed by atoms with Gasteiger partial charge in [0, 0.05) is 24.0 Å². The Morgan fingerprint density at radius 3 is 2.86 bits per heavy atom. The molecular weight excluding hydrogens is 276 g/mol. The summed E-state index contributed by atoms with van der Waals surface area (Å²) in [6.45, 7) is 1.75. The molecule has 9 nitrogen and oxygen atoms in total. The third-order valence-corrected chi connectivity index (χ3v) is 2.89. The lowest BCUT2D eigenvalue weighted by Gasteiger charge is -2.12. The molecule has 9 heteroatoms. The number of imidazole rings is 1. The van der Waals surface area contributed by atoms with E-state index >= 15 is 0 Å². The summed E-state index contributed by atoms with van der Waals surface area (Å²) in [6.07, 6.45) is 3.22. The van der Waals surface area contributed by atoms with E-state index in [4.69, 9.17) is 5.84 Å². The third kappa shape index (κ3) is 3.15. The quantitative estimate of drug-likeness (QED) is 0.369. The molecule has 1 aromatic heterocycles. The number of anilines is 1. The summed E-state index contributed by atoms with van der Waals surface area (Å²) in [5.74, 6) is 5.35. The van der Waals surface area contributed by atoms with Crippen LogP contribution in [0.25, 0.3) is 0 Å². The molecule has 2 rings (SSSR count). The van der Waals surface area contributed by atoms with E-state index in [0.717, 1.165) is 0 Å². The zero-order valence-electron chi connectivity index (χ0n) is 11.2. The fourth-order valence-electron chi connectivity index (χ4n) is 1.81. The lowest BCUT2D eigenvalue weighted by Crippen LogP contribution is -2.27. The minimum atomic E-state index is -0.609. The number of rotatable bonds is 5. The summed E-state index contributed by atoms with van der Waals surface area (Å²) < 4.78 is 0. The number of carbonyl (C=O) groups excluding carboxylic acids is 1. The average Bonchev–Trinajstić information content (AvgIpc) is 3.00. The number of nitro groups is 1. The standard InChI is InChI=1S/C12H14N6O3/c1-7(11-14-4-5-15-11)16-12(19)8-2-3-9(17-13)10(6-8)18(20)21/h2-7,17H,13H2,1H3,(H,14,15)(H,16,19). The van der Waals surface area contributed by atoms with Crippen LogP contribution in [0.3, 0.4) is 0 Å². The van der Waals surface area contributed by atoms with Crippen molar-refractivity contribution in [3.8, 4) is 0 Å². The number of carbonyl (C=O) groups is 1. The summed E-state index contributed by atoms with van der Waals surface area (Å²) in [5.41, 5.74) is 2.25. The van der Waals surface area contributed by atoms with Crippen molar-refractivity contribution < 1.29 is 9.72 Å². The summed E-state index contributed by atoms with van der Waals surface area (Å²) in [6, 6.07) is 3.65. The van der Waals surface area contributed by atoms with Crippen molar-refractivity contribution in [2.24, 2.45) is 5.84 Å². The molecule has 1 heterocycles. The molecule has 0 spiro atoms. The van der Waals surface area contributed by atoms with E-state index in [1.165, 1.54) is 18.2 Å². The maximum atomic E-state index is 12.1. The van der Waals surface area contributed by atoms with Crippen molar-refractivity contribution in [1.82, 2.24) is 15.3 Å². The maximum Gasteiger partial charge on any atom is 0.294 e. The maximum absolute atomic E-state index is 12.1. The lowest BCUT2D eigenvalue weighted by molar-refractivity contribution is -0.384. The lowest BCUT2D eigenvalue weighted by atomic mass is 10.1. The predicted octanol–water partition coefficient (Wildman–Crippen LogP) is 1.09. The molecule has 0 aliphatic rings. The molecule has 0 fully saturated rings. The molecule has 0 saturated carbocycles. The van der Waals surface area contributed by atoms with Crippen LogP contribution in [0.2, 0.25) is 0 Å². The highest BCUT2D eigenvalue weighted by molar-refractivity contribution is 5.95. The number of nitrogens with two attached hydrogens (primary N) is 1. The topological polar surface area (TPSA) is 139 Å². The van der Waals surface area contributed by atoms with Gasteiger partial charge in [0.15, 0.2) is 0 Å². The number of hydrogen-bond acceptors (Lipinski definition) is 6. The van der Waals surface area contributed by atoms with Crippen LogP contribution >= 0.6 is 0 Å². The van der Waals surface area contributed by atoms with Gasteiger partial charge in [-0.15, -0.1) is 0 Å². The van der Waals surface area contributed by atoms with Crippen LogP contribution in [-0.2, 0) is 0 Å². The second-order valence-electron chi connectivity index (χ2n) is 4.30. The Balaban J connectivity index is 2.19. The second-order valence-corrected chi connectivity index (χ2v) is 4.30. The molecule has 0 bridgehead atoms. The van der Waals surface area contributed by atoms with Crippen LogP contribution in [0.4, 0.5) is 11.4 Å². The highest BCUT2D eigenvalue weighted by Gasteiger charge is 2.18. The van der Waals surface area contributed by atoms with Gasteiger partial charge >= 0.3 is 0 Å². The Labute approximate surface area is 119 Å². The Morgan fingerprint density at radius 2 is 2.29 bits per heavy atom. The Morgan fingerprint density at radius 1 is 1.52 bits per heavy atom. The zero-order valence-corrected chi connectivity index (χ0v) is 11.2. The highest BCUT2D eigenvalue weighted by atomic mass is 16.6. The Hall–Kier alpha value is -2.94. The van der Waals surface area contributed by atoms with E-state index in [-0.39, 0.29) is 23.0 Å². The molecule has 1 atom stereocenters. The number of nitrogen functional groups attached to an aromatic ring is 1. The zero-order chi connectivity index (χ0) is 15.4. The number of amides is 1. The molecule has 0 saturated heterocycles. The summed E-state index contributed by atoms with van der Waals surface area (Å²) in [7, 11) is 0. The van der Waals surface area contributed by atoms with Gasteiger partial charge in [-0.25, -0.2) is 4.98 Å². The van der Waals surface area contributed by atoms with Crippen LogP contribution in [0, 0.1) is 10.1 Å². The largest absolute Gasteiger partial charge is 0.347 e. The molecule has 1 unspecified atom stereocenters. The summed E-state index contributed by atoms with van der Waals surface area (Å²) >= 11 is 0. The first kappa shape index (κ1) is 14.5. The van der Waals surface area contributed by atoms with Gasteiger partial charge in [0.2, 0.25) is 0 Å². The van der Waals surface area contributed by atoms with Crippen LogP contribution in [0.15, 0.2) is 30.6 Å². The van der Waals surface area contributed by atoms with E-state index in [0.29, 0.717) is 5.82 Å². The fourth-order valence-corrected chi connectivity index (χ4v) is 1.81. The molecule has 0 aliphatic heterocycles. The fraction of sp³-hybridized carbons (Fsp3) is 0.167. The first-order valence-corrected chi connectivity index (χ1v) is 6.08. The first-order valence-electron chi connectivity index (χ1n) is 6.08. The highest BCUT2D eigenvalue weighted by Crippen LogP contribution is 2.24. The number of aromatic nitrogens is 2. The first-order chi connectivity index (χ1) is 10.0. The minimum absolute atomic E-state index is 0.135. The van der Waals surface area contributed by atoms with Gasteiger partial charge < -0.3 is 15.7 Å². The van der Waals surface area contributed by atoms with Crippen LogP contribution < -0.4 is 16.6 Å². The molecule has 110 valence electrons. The number of aromatic amines is 1. The summed E-state index contributed by atoms with van der Waals surface area (Å²) in [4.78, 5) is 29.3. The van der Waals surface area contributed by atoms with E-state index in [1.54, 1.807) is 19.3 Å². The number of benzene rings is 1. The minimum Gasteiger partial charge on any atom is -0.347 e. The SMILES string of the molecule is CC(NC(=O)c1ccc(NN)c([N+](=O)[O-])c1)c1ncc[nH]1. The number of nitrogens with zero attached hydrogens (tertiary/aromatic N) is 2. The monoisotopic (exact) mass is 290 g/mol. The van der Waals surface area contributed by atoms with Gasteiger partial charge in [0.1, 0.15) is 11.5 Å². The van der Waals surface area contributed by atoms with Crippen molar-refractivity contribution in [1.29, 1.82) is 0 Å². The number of nitro benzene ring substituents is 1. The van der Waals surface area contributed by atoms with Gasteiger partial charge in [0.25, 0.3) is 11.6 Å². The van der Waals surface area contributed by atoms with Crippen molar-refractivity contribution in [3.63, 3.8) is 0 Å². The van der Waals surface area contributed by atoms with Gasteiger partial charge in [-0.2, -0.15) is 0 Å². The average molecular weight is 290 g/mol. The van der Waals surface area contributed by atoms with Gasteiger partial charge in [-0.3, -0.25) is 20.8 Å². The third-order valence-electron chi connectivity index (χ3n) is 2.89. The Bertz CT molecular complexity index is 655. The smallest absolute Gasteiger partial charge is 0.294 e. The van der Waals surface area contributed by atoms with Crippen molar-refractivity contribution in [2.45, 2.75) is 13.0 Å². The number of H-pyrrole nitrogens is 1. The molecule has 1 amide bonds. The number of nitrogens with one attached hydrogen (secondary N) is 3. The van der Waals surface area contributed by atoms with E-state index in [9.17, 15) is 14.9 Å². The van der Waals surface area contributed by atoms with Gasteiger partial charge in [-0.1, -0.05) is 0 Å². The summed E-state index contributed by atoms with van der Waals surface area (Å²) in [5, 5.41) is 13.6. The van der Waals surface area contributed by atoms with E-state index < -0.39 is 10.8 Å². The van der Waals surface area contributed by atoms with E-state index in [2.05, 4.69) is 20.7 Å². The predicted molar refractivity (Wildman–Crippen MR) is 75.4 cm³/mol. The normalized spacial score (nSPS) is 11.7. The van der Waals surface area contributed by atoms with Crippen molar-refractivity contribution in [2.75, 3.05) is 5.43 Å². The molecule has 2 aromatic rings. The van der Waals surface area contributed by atoms with Crippen molar-refractivity contribution in [3.05, 3.63) is 52.1 Å². The van der Waals surface area contributed by atoms with Crippen LogP contribution in [0.1, 0.15) is 29.1 Å². The van der Waals surface area contributed by atoms with Crippen molar-refractivity contribution >= 4 is 17.3 Å².